The minimum absolute atomic E-state index is 0.105. The summed E-state index contributed by atoms with van der Waals surface area (Å²) in [4.78, 5) is 11.9. The number of urea groups is 1. The second kappa shape index (κ2) is 7.58. The van der Waals surface area contributed by atoms with Crippen molar-refractivity contribution in [2.24, 2.45) is 0 Å². The van der Waals surface area contributed by atoms with Crippen LogP contribution in [0.3, 0.4) is 0 Å². The molecule has 25 heavy (non-hydrogen) atoms. The van der Waals surface area contributed by atoms with Gasteiger partial charge in [-0.2, -0.15) is 0 Å². The van der Waals surface area contributed by atoms with E-state index in [-0.39, 0.29) is 16.8 Å². The normalized spacial score (nSPS) is 22.8. The number of aliphatic hydroxyl groups is 2. The van der Waals surface area contributed by atoms with E-state index >= 15 is 0 Å². The SMILES string of the molecule is O=C(Nc1ccc(F)c(Cl)c1)Nc1nnc([C@H]2C[C@H](O)[C@@H](CO)O2)s1. The zero-order valence-electron chi connectivity index (χ0n) is 12.6. The van der Waals surface area contributed by atoms with E-state index < -0.39 is 30.2 Å². The number of carbonyl (C=O) groups excluding carboxylic acids is 1. The van der Waals surface area contributed by atoms with Crippen LogP contribution < -0.4 is 10.6 Å². The van der Waals surface area contributed by atoms with E-state index in [0.29, 0.717) is 17.1 Å². The molecule has 0 spiro atoms. The third kappa shape index (κ3) is 4.22. The van der Waals surface area contributed by atoms with Gasteiger partial charge in [0.05, 0.1) is 17.7 Å². The van der Waals surface area contributed by atoms with Gasteiger partial charge in [-0.1, -0.05) is 22.9 Å². The molecule has 3 rings (SSSR count). The smallest absolute Gasteiger partial charge is 0.325 e. The Hall–Kier alpha value is -1.85. The molecule has 4 N–H and O–H groups in total. The molecule has 3 atom stereocenters. The highest BCUT2D eigenvalue weighted by molar-refractivity contribution is 7.15. The van der Waals surface area contributed by atoms with Crippen LogP contribution in [0, 0.1) is 5.82 Å². The van der Waals surface area contributed by atoms with E-state index in [1.165, 1.54) is 12.1 Å². The van der Waals surface area contributed by atoms with Crippen molar-refractivity contribution in [1.29, 1.82) is 0 Å². The Morgan fingerprint density at radius 2 is 2.24 bits per heavy atom. The first-order valence-electron chi connectivity index (χ1n) is 7.27. The number of ether oxygens (including phenoxy) is 1. The van der Waals surface area contributed by atoms with Crippen LogP contribution in [-0.2, 0) is 4.74 Å². The number of anilines is 2. The maximum atomic E-state index is 13.1. The molecule has 0 radical (unpaired) electrons. The molecule has 1 fully saturated rings. The van der Waals surface area contributed by atoms with Crippen LogP contribution in [0.2, 0.25) is 5.02 Å². The Kier molecular flexibility index (Phi) is 5.45. The van der Waals surface area contributed by atoms with Gasteiger partial charge in [0.2, 0.25) is 5.13 Å². The number of hydrogen-bond acceptors (Lipinski definition) is 7. The first-order chi connectivity index (χ1) is 12.0. The maximum absolute atomic E-state index is 13.1. The molecule has 1 saturated heterocycles. The molecule has 2 amide bonds. The Morgan fingerprint density at radius 3 is 2.92 bits per heavy atom. The number of nitrogens with one attached hydrogen (secondary N) is 2. The molecular weight excluding hydrogens is 375 g/mol. The summed E-state index contributed by atoms with van der Waals surface area (Å²) >= 11 is 6.74. The minimum atomic E-state index is -0.776. The lowest BCUT2D eigenvalue weighted by molar-refractivity contribution is -0.0227. The van der Waals surface area contributed by atoms with Crippen molar-refractivity contribution >= 4 is 39.8 Å². The number of amides is 2. The van der Waals surface area contributed by atoms with Gasteiger partial charge < -0.3 is 20.3 Å². The van der Waals surface area contributed by atoms with E-state index in [9.17, 15) is 14.3 Å². The molecule has 1 aromatic carbocycles. The summed E-state index contributed by atoms with van der Waals surface area (Å²) in [5, 5.41) is 32.2. The number of benzene rings is 1. The Labute approximate surface area is 150 Å². The average Bonchev–Trinajstić information content (AvgIpc) is 3.17. The lowest BCUT2D eigenvalue weighted by Crippen LogP contribution is -2.24. The molecule has 1 aliphatic rings. The Morgan fingerprint density at radius 1 is 1.44 bits per heavy atom. The molecule has 0 bridgehead atoms. The lowest BCUT2D eigenvalue weighted by Gasteiger charge is -2.09. The second-order valence-corrected chi connectivity index (χ2v) is 6.72. The van der Waals surface area contributed by atoms with Gasteiger partial charge >= 0.3 is 6.03 Å². The average molecular weight is 389 g/mol. The number of carbonyl (C=O) groups is 1. The van der Waals surface area contributed by atoms with E-state index in [4.69, 9.17) is 21.4 Å². The van der Waals surface area contributed by atoms with Crippen LogP contribution in [0.1, 0.15) is 17.5 Å². The predicted octanol–water partition coefficient (Wildman–Crippen LogP) is 2.16. The number of aliphatic hydroxyl groups excluding tert-OH is 2. The summed E-state index contributed by atoms with van der Waals surface area (Å²) < 4.78 is 18.6. The highest BCUT2D eigenvalue weighted by Gasteiger charge is 2.36. The molecule has 134 valence electrons. The minimum Gasteiger partial charge on any atom is -0.394 e. The van der Waals surface area contributed by atoms with Crippen LogP contribution in [0.4, 0.5) is 20.0 Å². The number of aromatic nitrogens is 2. The fourth-order valence-corrected chi connectivity index (χ4v) is 3.27. The zero-order chi connectivity index (χ0) is 18.0. The van der Waals surface area contributed by atoms with Crippen molar-refractivity contribution in [2.45, 2.75) is 24.7 Å². The highest BCUT2D eigenvalue weighted by atomic mass is 35.5. The van der Waals surface area contributed by atoms with Crippen molar-refractivity contribution in [3.05, 3.63) is 34.0 Å². The standard InChI is InChI=1S/C14H14ClFN4O4S/c15-7-3-6(1-2-8(7)16)17-13(23)18-14-20-19-12(25-14)10-4-9(22)11(5-21)24-10/h1-3,9-11,21-22H,4-5H2,(H2,17,18,20,23)/t9-,10+,11+/m0/s1. The number of rotatable bonds is 4. The third-order valence-electron chi connectivity index (χ3n) is 3.52. The van der Waals surface area contributed by atoms with E-state index in [1.54, 1.807) is 0 Å². The largest absolute Gasteiger partial charge is 0.394 e. The summed E-state index contributed by atoms with van der Waals surface area (Å²) in [5.74, 6) is -0.582. The van der Waals surface area contributed by atoms with E-state index in [1.807, 2.05) is 0 Å². The second-order valence-electron chi connectivity index (χ2n) is 5.30. The number of nitrogens with zero attached hydrogens (tertiary/aromatic N) is 2. The summed E-state index contributed by atoms with van der Waals surface area (Å²) in [6.07, 6.45) is -1.63. The Bertz CT molecular complexity index is 777. The summed E-state index contributed by atoms with van der Waals surface area (Å²) in [7, 11) is 0. The maximum Gasteiger partial charge on any atom is 0.325 e. The van der Waals surface area contributed by atoms with Gasteiger partial charge in [0.15, 0.2) is 0 Å². The molecule has 1 aliphatic heterocycles. The molecule has 8 nitrogen and oxygen atoms in total. The molecule has 2 aromatic rings. The number of halogens is 2. The highest BCUT2D eigenvalue weighted by Crippen LogP contribution is 2.35. The molecule has 0 unspecified atom stereocenters. The van der Waals surface area contributed by atoms with Gasteiger partial charge in [-0.3, -0.25) is 5.32 Å². The Balaban J connectivity index is 1.59. The molecule has 2 heterocycles. The first-order valence-corrected chi connectivity index (χ1v) is 8.46. The van der Waals surface area contributed by atoms with Gasteiger partial charge in [-0.15, -0.1) is 10.2 Å². The monoisotopic (exact) mass is 388 g/mol. The van der Waals surface area contributed by atoms with Crippen LogP contribution in [-0.4, -0.2) is 45.3 Å². The van der Waals surface area contributed by atoms with Crippen LogP contribution >= 0.6 is 22.9 Å². The van der Waals surface area contributed by atoms with Crippen LogP contribution in [0.15, 0.2) is 18.2 Å². The van der Waals surface area contributed by atoms with Crippen LogP contribution in [0.25, 0.3) is 0 Å². The first kappa shape index (κ1) is 18.0. The van der Waals surface area contributed by atoms with Gasteiger partial charge in [-0.25, -0.2) is 9.18 Å². The van der Waals surface area contributed by atoms with Gasteiger partial charge in [0.1, 0.15) is 23.0 Å². The summed E-state index contributed by atoms with van der Waals surface area (Å²) in [6, 6.07) is 3.20. The quantitative estimate of drug-likeness (QED) is 0.637. The molecule has 1 aromatic heterocycles. The molecule has 0 saturated carbocycles. The van der Waals surface area contributed by atoms with Gasteiger partial charge in [-0.05, 0) is 18.2 Å². The van der Waals surface area contributed by atoms with Crippen molar-refractivity contribution in [3.8, 4) is 0 Å². The molecule has 11 heteroatoms. The van der Waals surface area contributed by atoms with Crippen LogP contribution in [0.5, 0.6) is 0 Å². The van der Waals surface area contributed by atoms with Crippen molar-refractivity contribution in [1.82, 2.24) is 10.2 Å². The lowest BCUT2D eigenvalue weighted by atomic mass is 10.1. The van der Waals surface area contributed by atoms with Crippen molar-refractivity contribution in [2.75, 3.05) is 17.2 Å². The van der Waals surface area contributed by atoms with Crippen molar-refractivity contribution in [3.63, 3.8) is 0 Å². The summed E-state index contributed by atoms with van der Waals surface area (Å²) in [5.41, 5.74) is 0.321. The number of hydrogen-bond donors (Lipinski definition) is 4. The molecular formula is C14H14ClFN4O4S. The fourth-order valence-electron chi connectivity index (χ4n) is 2.30. The van der Waals surface area contributed by atoms with E-state index in [0.717, 1.165) is 17.4 Å². The third-order valence-corrected chi connectivity index (χ3v) is 4.74. The topological polar surface area (TPSA) is 117 Å². The van der Waals surface area contributed by atoms with Crippen molar-refractivity contribution < 1.29 is 24.1 Å². The van der Waals surface area contributed by atoms with Gasteiger partial charge in [0.25, 0.3) is 0 Å². The van der Waals surface area contributed by atoms with E-state index in [2.05, 4.69) is 20.8 Å². The fraction of sp³-hybridized carbons (Fsp3) is 0.357. The van der Waals surface area contributed by atoms with Gasteiger partial charge in [0, 0.05) is 12.1 Å². The zero-order valence-corrected chi connectivity index (χ0v) is 14.2. The predicted molar refractivity (Wildman–Crippen MR) is 89.3 cm³/mol. The molecule has 0 aliphatic carbocycles. The summed E-state index contributed by atoms with van der Waals surface area (Å²) in [6.45, 7) is -0.287.